The fourth-order valence-corrected chi connectivity index (χ4v) is 6.74. The Balaban J connectivity index is 1.36. The Kier molecular flexibility index (Phi) is 9.48. The molecular formula is C28H50N4O4. The summed E-state index contributed by atoms with van der Waals surface area (Å²) in [4.78, 5) is 33.1. The van der Waals surface area contributed by atoms with Gasteiger partial charge in [-0.15, -0.1) is 0 Å². The van der Waals surface area contributed by atoms with E-state index in [2.05, 4.69) is 42.8 Å². The number of hydrogen-bond donors (Lipinski definition) is 1. The molecule has 0 aromatic rings. The lowest BCUT2D eigenvalue weighted by Crippen LogP contribution is -2.68. The molecule has 0 radical (unpaired) electrons. The van der Waals surface area contributed by atoms with Gasteiger partial charge >= 0.3 is 0 Å². The van der Waals surface area contributed by atoms with Gasteiger partial charge in [0.05, 0.1) is 19.3 Å². The number of carbonyl (C=O) groups is 2. The minimum atomic E-state index is -0.789. The van der Waals surface area contributed by atoms with Crippen LogP contribution in [-0.4, -0.2) is 110 Å². The summed E-state index contributed by atoms with van der Waals surface area (Å²) >= 11 is 0. The maximum atomic E-state index is 13.5. The topological polar surface area (TPSA) is 74.3 Å². The van der Waals surface area contributed by atoms with Gasteiger partial charge in [0.1, 0.15) is 11.8 Å². The first-order valence-corrected chi connectivity index (χ1v) is 14.5. The second-order valence-electron chi connectivity index (χ2n) is 12.6. The summed E-state index contributed by atoms with van der Waals surface area (Å²) in [6.07, 6.45) is 6.80. The lowest BCUT2D eigenvalue weighted by Gasteiger charge is -2.50. The Bertz CT molecular complexity index is 723. The van der Waals surface area contributed by atoms with Crippen molar-refractivity contribution in [2.75, 3.05) is 65.6 Å². The van der Waals surface area contributed by atoms with Gasteiger partial charge in [-0.3, -0.25) is 4.79 Å². The fourth-order valence-electron chi connectivity index (χ4n) is 6.74. The van der Waals surface area contributed by atoms with Crippen molar-refractivity contribution in [3.05, 3.63) is 0 Å². The van der Waals surface area contributed by atoms with Gasteiger partial charge < -0.3 is 34.3 Å². The van der Waals surface area contributed by atoms with Crippen molar-refractivity contribution in [2.45, 2.75) is 83.6 Å². The molecule has 4 fully saturated rings. The molecule has 0 saturated carbocycles. The molecule has 4 aliphatic heterocycles. The van der Waals surface area contributed by atoms with Gasteiger partial charge in [-0.05, 0) is 50.6 Å². The molecule has 0 aliphatic carbocycles. The van der Waals surface area contributed by atoms with Crippen LogP contribution in [0.2, 0.25) is 0 Å². The number of carbonyl (C=O) groups excluding carboxylic acids is 2. The molecular weight excluding hydrogens is 456 g/mol. The van der Waals surface area contributed by atoms with E-state index in [0.29, 0.717) is 37.3 Å². The summed E-state index contributed by atoms with van der Waals surface area (Å²) in [7, 11) is 0. The zero-order valence-corrected chi connectivity index (χ0v) is 23.2. The summed E-state index contributed by atoms with van der Waals surface area (Å²) in [5, 5.41) is 3.39. The molecule has 0 bridgehead atoms. The molecule has 4 aliphatic rings. The highest BCUT2D eigenvalue weighted by Crippen LogP contribution is 2.35. The Morgan fingerprint density at radius 3 is 2.25 bits per heavy atom. The van der Waals surface area contributed by atoms with Crippen LogP contribution in [0.3, 0.4) is 0 Å². The molecule has 1 N–H and O–H groups in total. The van der Waals surface area contributed by atoms with Crippen LogP contribution in [-0.2, 0) is 19.1 Å². The Morgan fingerprint density at radius 2 is 1.67 bits per heavy atom. The van der Waals surface area contributed by atoms with Crippen molar-refractivity contribution >= 4 is 12.2 Å². The number of nitrogens with one attached hydrogen (secondary N) is 1. The summed E-state index contributed by atoms with van der Waals surface area (Å²) in [5.41, 5.74) is -0.789. The minimum Gasteiger partial charge on any atom is -0.349 e. The fraction of sp³-hybridized carbons (Fsp3) is 0.929. The number of piperidine rings is 1. The van der Waals surface area contributed by atoms with E-state index in [1.54, 1.807) is 0 Å². The molecule has 0 aromatic carbocycles. The van der Waals surface area contributed by atoms with E-state index in [0.717, 1.165) is 64.9 Å². The van der Waals surface area contributed by atoms with Crippen LogP contribution in [0.4, 0.5) is 0 Å². The first-order chi connectivity index (χ1) is 17.2. The Hall–Kier alpha value is -1.06. The SMILES string of the molecule is CC(C)C[C@@H]1NCCN([C@](C=O)(CC(C)C)CN2CCC3(CC2)OCC(CN2CCCC2)CO3)C1=O. The summed E-state index contributed by atoms with van der Waals surface area (Å²) < 4.78 is 12.7. The quantitative estimate of drug-likeness (QED) is 0.456. The predicted molar refractivity (Wildman–Crippen MR) is 141 cm³/mol. The molecule has 4 saturated heterocycles. The van der Waals surface area contributed by atoms with Gasteiger partial charge in [0, 0.05) is 58.0 Å². The lowest BCUT2D eigenvalue weighted by atomic mass is 9.85. The van der Waals surface area contributed by atoms with Gasteiger partial charge in [-0.25, -0.2) is 0 Å². The van der Waals surface area contributed by atoms with E-state index >= 15 is 0 Å². The molecule has 206 valence electrons. The van der Waals surface area contributed by atoms with Gasteiger partial charge in [-0.2, -0.15) is 0 Å². The van der Waals surface area contributed by atoms with Crippen LogP contribution in [0.25, 0.3) is 0 Å². The Morgan fingerprint density at radius 1 is 1.00 bits per heavy atom. The molecule has 36 heavy (non-hydrogen) atoms. The molecule has 1 amide bonds. The highest BCUT2D eigenvalue weighted by Gasteiger charge is 2.47. The van der Waals surface area contributed by atoms with Crippen molar-refractivity contribution < 1.29 is 19.1 Å². The number of nitrogens with zero attached hydrogens (tertiary/aromatic N) is 3. The lowest BCUT2D eigenvalue weighted by molar-refractivity contribution is -0.299. The summed E-state index contributed by atoms with van der Waals surface area (Å²) in [6, 6.07) is -0.201. The number of aldehydes is 1. The second kappa shape index (κ2) is 12.2. The van der Waals surface area contributed by atoms with E-state index in [9.17, 15) is 9.59 Å². The second-order valence-corrected chi connectivity index (χ2v) is 12.6. The smallest absolute Gasteiger partial charge is 0.240 e. The van der Waals surface area contributed by atoms with Crippen LogP contribution >= 0.6 is 0 Å². The molecule has 4 rings (SSSR count). The zero-order valence-electron chi connectivity index (χ0n) is 23.2. The number of rotatable bonds is 10. The molecule has 0 aromatic heterocycles. The normalized spacial score (nSPS) is 28.3. The van der Waals surface area contributed by atoms with E-state index in [1.165, 1.54) is 25.9 Å². The molecule has 4 heterocycles. The summed E-state index contributed by atoms with van der Waals surface area (Å²) in [6.45, 7) is 17.2. The number of ether oxygens (including phenoxy) is 2. The molecule has 2 atom stereocenters. The van der Waals surface area contributed by atoms with Gasteiger partial charge in [-0.1, -0.05) is 27.7 Å². The van der Waals surface area contributed by atoms with Crippen molar-refractivity contribution in [2.24, 2.45) is 17.8 Å². The van der Waals surface area contributed by atoms with Crippen molar-refractivity contribution in [1.82, 2.24) is 20.0 Å². The third kappa shape index (κ3) is 6.68. The standard InChI is InChI=1S/C28H50N4O4/c1-22(2)15-25-26(34)32(14-9-29-25)27(21-33,16-23(3)4)20-31-12-7-28(8-13-31)35-18-24(19-36-28)17-30-10-5-6-11-30/h21-25,29H,5-20H2,1-4H3/t25-,27+/m0/s1. The maximum absolute atomic E-state index is 13.5. The van der Waals surface area contributed by atoms with Gasteiger partial charge in [0.15, 0.2) is 5.79 Å². The van der Waals surface area contributed by atoms with Gasteiger partial charge in [0.2, 0.25) is 5.91 Å². The first-order valence-electron chi connectivity index (χ1n) is 14.5. The Labute approximate surface area is 218 Å². The van der Waals surface area contributed by atoms with Crippen molar-refractivity contribution in [3.63, 3.8) is 0 Å². The van der Waals surface area contributed by atoms with Crippen molar-refractivity contribution in [3.8, 4) is 0 Å². The average molecular weight is 507 g/mol. The van der Waals surface area contributed by atoms with E-state index in [-0.39, 0.29) is 11.9 Å². The third-order valence-electron chi connectivity index (χ3n) is 8.51. The molecule has 0 unspecified atom stereocenters. The monoisotopic (exact) mass is 506 g/mol. The zero-order chi connectivity index (χ0) is 25.8. The number of amides is 1. The summed E-state index contributed by atoms with van der Waals surface area (Å²) in [5.74, 6) is 0.797. The van der Waals surface area contributed by atoms with Gasteiger partial charge in [0.25, 0.3) is 0 Å². The maximum Gasteiger partial charge on any atom is 0.240 e. The van der Waals surface area contributed by atoms with E-state index < -0.39 is 11.3 Å². The molecule has 8 heteroatoms. The number of hydrogen-bond acceptors (Lipinski definition) is 7. The van der Waals surface area contributed by atoms with Crippen LogP contribution in [0.1, 0.15) is 66.2 Å². The van der Waals surface area contributed by atoms with E-state index in [4.69, 9.17) is 9.47 Å². The highest BCUT2D eigenvalue weighted by atomic mass is 16.7. The van der Waals surface area contributed by atoms with Crippen LogP contribution in [0.15, 0.2) is 0 Å². The van der Waals surface area contributed by atoms with Crippen LogP contribution in [0, 0.1) is 17.8 Å². The largest absolute Gasteiger partial charge is 0.349 e. The molecule has 1 spiro atoms. The predicted octanol–water partition coefficient (Wildman–Crippen LogP) is 2.37. The molecule has 8 nitrogen and oxygen atoms in total. The first kappa shape index (κ1) is 28.0. The third-order valence-corrected chi connectivity index (χ3v) is 8.51. The average Bonchev–Trinajstić information content (AvgIpc) is 3.36. The number of likely N-dealkylation sites (tertiary alicyclic amines) is 2. The highest BCUT2D eigenvalue weighted by molar-refractivity contribution is 5.87. The van der Waals surface area contributed by atoms with E-state index in [1.807, 2.05) is 4.90 Å². The minimum absolute atomic E-state index is 0.0826. The van der Waals surface area contributed by atoms with Crippen LogP contribution in [0.5, 0.6) is 0 Å². The van der Waals surface area contributed by atoms with Crippen molar-refractivity contribution in [1.29, 1.82) is 0 Å². The number of piperazine rings is 1. The van der Waals surface area contributed by atoms with Crippen LogP contribution < -0.4 is 5.32 Å².